The zero-order chi connectivity index (χ0) is 16.6. The second-order valence-electron chi connectivity index (χ2n) is 4.53. The van der Waals surface area contributed by atoms with Gasteiger partial charge in [-0.05, 0) is 30.7 Å². The van der Waals surface area contributed by atoms with Gasteiger partial charge in [-0.2, -0.15) is 0 Å². The van der Waals surface area contributed by atoms with Crippen LogP contribution < -0.4 is 21.1 Å². The number of hydrogen-bond donors (Lipinski definition) is 4. The Morgan fingerprint density at radius 1 is 1.09 bits per heavy atom. The van der Waals surface area contributed by atoms with E-state index in [-0.39, 0.29) is 18.8 Å². The number of nitrogens with one attached hydrogen (secondary N) is 3. The van der Waals surface area contributed by atoms with Gasteiger partial charge in [-0.25, -0.2) is 8.42 Å². The van der Waals surface area contributed by atoms with Gasteiger partial charge >= 0.3 is 0 Å². The van der Waals surface area contributed by atoms with Crippen molar-refractivity contribution in [1.82, 2.24) is 5.32 Å². The van der Waals surface area contributed by atoms with Crippen LogP contribution in [0.15, 0.2) is 24.3 Å². The average Bonchev–Trinajstić information content (AvgIpc) is 2.46. The molecule has 22 heavy (non-hydrogen) atoms. The van der Waals surface area contributed by atoms with Crippen molar-refractivity contribution in [2.24, 2.45) is 5.73 Å². The van der Waals surface area contributed by atoms with E-state index in [9.17, 15) is 18.0 Å². The quantitative estimate of drug-likeness (QED) is 0.527. The lowest BCUT2D eigenvalue weighted by molar-refractivity contribution is -0.123. The van der Waals surface area contributed by atoms with Crippen molar-refractivity contribution in [2.45, 2.75) is 13.3 Å². The summed E-state index contributed by atoms with van der Waals surface area (Å²) in [5, 5.41) is 4.91. The summed E-state index contributed by atoms with van der Waals surface area (Å²) in [6.45, 7) is 1.42. The van der Waals surface area contributed by atoms with Gasteiger partial charge in [0.2, 0.25) is 21.8 Å². The lowest BCUT2D eigenvalue weighted by atomic mass is 10.3. The molecule has 122 valence electrons. The number of amides is 2. The smallest absolute Gasteiger partial charge is 0.243 e. The minimum atomic E-state index is -3.34. The highest BCUT2D eigenvalue weighted by Gasteiger charge is 2.09. The molecular weight excluding hydrogens is 308 g/mol. The number of rotatable bonds is 8. The summed E-state index contributed by atoms with van der Waals surface area (Å²) in [7, 11) is -3.34. The molecule has 0 aliphatic carbocycles. The molecule has 0 saturated carbocycles. The first-order valence-electron chi connectivity index (χ1n) is 6.73. The molecule has 0 spiro atoms. The highest BCUT2D eigenvalue weighted by Crippen LogP contribution is 2.15. The number of hydrogen-bond acceptors (Lipinski definition) is 5. The SMILES string of the molecule is CCCS(=O)(=O)Nc1ccc(NC(=O)CNC(=O)CN)cc1. The molecule has 0 atom stereocenters. The third-order valence-corrected chi connectivity index (χ3v) is 4.04. The molecule has 0 fully saturated rings. The van der Waals surface area contributed by atoms with E-state index in [0.29, 0.717) is 17.8 Å². The zero-order valence-electron chi connectivity index (χ0n) is 12.3. The van der Waals surface area contributed by atoms with E-state index in [0.717, 1.165) is 0 Å². The van der Waals surface area contributed by atoms with Crippen LogP contribution in [0.5, 0.6) is 0 Å². The summed E-state index contributed by atoms with van der Waals surface area (Å²) in [5.74, 6) is -0.774. The van der Waals surface area contributed by atoms with Gasteiger partial charge in [0.1, 0.15) is 0 Å². The average molecular weight is 328 g/mol. The standard InChI is InChI=1S/C13H20N4O4S/c1-2-7-22(20,21)17-11-5-3-10(4-6-11)16-13(19)9-15-12(18)8-14/h3-6,17H,2,7-9,14H2,1H3,(H,15,18)(H,16,19). The predicted molar refractivity (Wildman–Crippen MR) is 84.8 cm³/mol. The normalized spacial score (nSPS) is 10.8. The van der Waals surface area contributed by atoms with Crippen LogP contribution in [0.4, 0.5) is 11.4 Å². The van der Waals surface area contributed by atoms with Gasteiger partial charge in [-0.1, -0.05) is 6.92 Å². The van der Waals surface area contributed by atoms with Crippen LogP contribution in [-0.4, -0.2) is 39.1 Å². The first-order chi connectivity index (χ1) is 10.4. The lowest BCUT2D eigenvalue weighted by Crippen LogP contribution is -2.36. The van der Waals surface area contributed by atoms with Crippen molar-refractivity contribution in [3.63, 3.8) is 0 Å². The van der Waals surface area contributed by atoms with Gasteiger partial charge in [0.05, 0.1) is 18.8 Å². The Morgan fingerprint density at radius 2 is 1.68 bits per heavy atom. The summed E-state index contributed by atoms with van der Waals surface area (Å²) in [4.78, 5) is 22.5. The Kier molecular flexibility index (Phi) is 6.80. The van der Waals surface area contributed by atoms with E-state index < -0.39 is 21.8 Å². The maximum Gasteiger partial charge on any atom is 0.243 e. The number of anilines is 2. The lowest BCUT2D eigenvalue weighted by Gasteiger charge is -2.09. The monoisotopic (exact) mass is 328 g/mol. The van der Waals surface area contributed by atoms with Crippen LogP contribution in [0, 0.1) is 0 Å². The Labute approximate surface area is 129 Å². The Balaban J connectivity index is 2.55. The maximum atomic E-state index is 11.6. The van der Waals surface area contributed by atoms with Crippen LogP contribution in [0.25, 0.3) is 0 Å². The molecular formula is C13H20N4O4S. The molecule has 0 unspecified atom stereocenters. The van der Waals surface area contributed by atoms with E-state index >= 15 is 0 Å². The second-order valence-corrected chi connectivity index (χ2v) is 6.37. The van der Waals surface area contributed by atoms with Crippen molar-refractivity contribution >= 4 is 33.2 Å². The molecule has 1 aromatic carbocycles. The summed E-state index contributed by atoms with van der Waals surface area (Å²) in [5.41, 5.74) is 6.01. The molecule has 0 aliphatic rings. The molecule has 2 amide bonds. The summed E-state index contributed by atoms with van der Waals surface area (Å²) in [6.07, 6.45) is 0.526. The Hall–Kier alpha value is -2.13. The molecule has 1 rings (SSSR count). The fraction of sp³-hybridized carbons (Fsp3) is 0.385. The minimum absolute atomic E-state index is 0.0479. The highest BCUT2D eigenvalue weighted by molar-refractivity contribution is 7.92. The fourth-order valence-electron chi connectivity index (χ4n) is 1.58. The zero-order valence-corrected chi connectivity index (χ0v) is 13.1. The van der Waals surface area contributed by atoms with Crippen LogP contribution >= 0.6 is 0 Å². The molecule has 0 radical (unpaired) electrons. The van der Waals surface area contributed by atoms with Crippen LogP contribution in [-0.2, 0) is 19.6 Å². The van der Waals surface area contributed by atoms with Crippen LogP contribution in [0.2, 0.25) is 0 Å². The highest BCUT2D eigenvalue weighted by atomic mass is 32.2. The van der Waals surface area contributed by atoms with Gasteiger partial charge in [-0.15, -0.1) is 0 Å². The Bertz CT molecular complexity index is 613. The number of benzene rings is 1. The first kappa shape index (κ1) is 17.9. The van der Waals surface area contributed by atoms with Crippen molar-refractivity contribution in [3.8, 4) is 0 Å². The molecule has 0 aromatic heterocycles. The second kappa shape index (κ2) is 8.35. The predicted octanol–water partition coefficient (Wildman–Crippen LogP) is -0.148. The third kappa shape index (κ3) is 6.55. The topological polar surface area (TPSA) is 130 Å². The fourth-order valence-corrected chi connectivity index (χ4v) is 2.71. The van der Waals surface area contributed by atoms with E-state index in [2.05, 4.69) is 15.4 Å². The third-order valence-electron chi connectivity index (χ3n) is 2.55. The molecule has 0 saturated heterocycles. The van der Waals surface area contributed by atoms with E-state index in [4.69, 9.17) is 5.73 Å². The molecule has 0 bridgehead atoms. The van der Waals surface area contributed by atoms with Crippen LogP contribution in [0.3, 0.4) is 0 Å². The molecule has 9 heteroatoms. The largest absolute Gasteiger partial charge is 0.346 e. The summed E-state index contributed by atoms with van der Waals surface area (Å²) < 4.78 is 25.7. The molecule has 0 heterocycles. The number of nitrogens with two attached hydrogens (primary N) is 1. The maximum absolute atomic E-state index is 11.6. The first-order valence-corrected chi connectivity index (χ1v) is 8.38. The molecule has 1 aromatic rings. The number of sulfonamides is 1. The van der Waals surface area contributed by atoms with Gasteiger partial charge in [-0.3, -0.25) is 14.3 Å². The summed E-state index contributed by atoms with van der Waals surface area (Å²) >= 11 is 0. The molecule has 5 N–H and O–H groups in total. The van der Waals surface area contributed by atoms with E-state index in [1.807, 2.05) is 0 Å². The minimum Gasteiger partial charge on any atom is -0.346 e. The Morgan fingerprint density at radius 3 is 2.23 bits per heavy atom. The van der Waals surface area contributed by atoms with Crippen molar-refractivity contribution in [1.29, 1.82) is 0 Å². The van der Waals surface area contributed by atoms with Gasteiger partial charge in [0, 0.05) is 11.4 Å². The number of carbonyl (C=O) groups excluding carboxylic acids is 2. The van der Waals surface area contributed by atoms with Crippen LogP contribution in [0.1, 0.15) is 13.3 Å². The molecule has 0 aliphatic heterocycles. The van der Waals surface area contributed by atoms with Gasteiger partial charge in [0.15, 0.2) is 0 Å². The van der Waals surface area contributed by atoms with E-state index in [1.54, 1.807) is 31.2 Å². The summed E-state index contributed by atoms with van der Waals surface area (Å²) in [6, 6.07) is 6.21. The van der Waals surface area contributed by atoms with Gasteiger partial charge in [0.25, 0.3) is 0 Å². The number of carbonyl (C=O) groups is 2. The van der Waals surface area contributed by atoms with E-state index in [1.165, 1.54) is 0 Å². The van der Waals surface area contributed by atoms with Crippen molar-refractivity contribution in [2.75, 3.05) is 28.9 Å². The van der Waals surface area contributed by atoms with Gasteiger partial charge < -0.3 is 16.4 Å². The van der Waals surface area contributed by atoms with Crippen molar-refractivity contribution < 1.29 is 18.0 Å². The molecule has 8 nitrogen and oxygen atoms in total. The van der Waals surface area contributed by atoms with Crippen molar-refractivity contribution in [3.05, 3.63) is 24.3 Å².